The minimum absolute atomic E-state index is 0.280. The van der Waals surface area contributed by atoms with Gasteiger partial charge in [0.2, 0.25) is 0 Å². The summed E-state index contributed by atoms with van der Waals surface area (Å²) in [6, 6.07) is 14.7. The molecule has 1 heteroatoms. The number of benzene rings is 2. The second kappa shape index (κ2) is 5.21. The van der Waals surface area contributed by atoms with Gasteiger partial charge in [-0.15, -0.1) is 0 Å². The normalized spacial score (nSPS) is 22.1. The average molecular weight is 308 g/mol. The first-order valence-electron chi connectivity index (χ1n) is 8.68. The van der Waals surface area contributed by atoms with E-state index in [1.165, 1.54) is 16.7 Å². The first-order valence-corrected chi connectivity index (χ1v) is 8.68. The Morgan fingerprint density at radius 1 is 0.870 bits per heavy atom. The maximum atomic E-state index is 11.7. The molecule has 0 saturated carbocycles. The van der Waals surface area contributed by atoms with Crippen LogP contribution in [0.2, 0.25) is 0 Å². The molecule has 0 heterocycles. The topological polar surface area (TPSA) is 20.2 Å². The fourth-order valence-electron chi connectivity index (χ4n) is 4.00. The third kappa shape index (κ3) is 2.10. The molecule has 122 valence electrons. The average Bonchev–Trinajstić information content (AvgIpc) is 2.53. The molecule has 23 heavy (non-hydrogen) atoms. The molecule has 2 aromatic rings. The van der Waals surface area contributed by atoms with Gasteiger partial charge in [0, 0.05) is 5.41 Å². The molecule has 0 aliphatic heterocycles. The highest BCUT2D eigenvalue weighted by Gasteiger charge is 2.59. The van der Waals surface area contributed by atoms with Crippen LogP contribution >= 0.6 is 0 Å². The lowest BCUT2D eigenvalue weighted by Crippen LogP contribution is -2.56. The summed E-state index contributed by atoms with van der Waals surface area (Å²) in [5.41, 5.74) is 4.91. The molecule has 1 nitrogen and oxygen atoms in total. The lowest BCUT2D eigenvalue weighted by Gasteiger charge is -2.56. The van der Waals surface area contributed by atoms with Crippen LogP contribution in [0.5, 0.6) is 0 Å². The molecule has 1 aliphatic carbocycles. The summed E-state index contributed by atoms with van der Waals surface area (Å²) in [5.74, 6) is 0.896. The van der Waals surface area contributed by atoms with Gasteiger partial charge in [0.05, 0.1) is 0 Å². The Labute approximate surface area is 140 Å². The zero-order valence-electron chi connectivity index (χ0n) is 15.1. The van der Waals surface area contributed by atoms with E-state index < -0.39 is 5.60 Å². The fraction of sp³-hybridized carbons (Fsp3) is 0.455. The Kier molecular flexibility index (Phi) is 3.68. The molecule has 1 atom stereocenters. The summed E-state index contributed by atoms with van der Waals surface area (Å²) < 4.78 is 0. The summed E-state index contributed by atoms with van der Waals surface area (Å²) in [5, 5.41) is 11.7. The fourth-order valence-corrected chi connectivity index (χ4v) is 4.00. The summed E-state index contributed by atoms with van der Waals surface area (Å²) in [6.07, 6.45) is 0. The van der Waals surface area contributed by atoms with E-state index >= 15 is 0 Å². The van der Waals surface area contributed by atoms with E-state index in [1.54, 1.807) is 0 Å². The summed E-state index contributed by atoms with van der Waals surface area (Å²) in [6.45, 7) is 13.2. The second-order valence-electron chi connectivity index (χ2n) is 8.04. The highest BCUT2D eigenvalue weighted by molar-refractivity contribution is 5.63. The molecule has 0 amide bonds. The van der Waals surface area contributed by atoms with Gasteiger partial charge in [0.15, 0.2) is 0 Å². The number of aliphatic hydroxyl groups is 1. The standard InChI is InChI=1S/C22H28O/c1-14(2)16-12-18(15(3)4)20-19(13-16)21(5,6)22(20,23)17-10-8-7-9-11-17/h7-15,23H,1-6H3. The van der Waals surface area contributed by atoms with E-state index in [1.807, 2.05) is 30.3 Å². The van der Waals surface area contributed by atoms with Gasteiger partial charge in [0.1, 0.15) is 5.60 Å². The van der Waals surface area contributed by atoms with Crippen molar-refractivity contribution in [2.75, 3.05) is 0 Å². The predicted octanol–water partition coefficient (Wildman–Crippen LogP) is 5.46. The van der Waals surface area contributed by atoms with Crippen molar-refractivity contribution in [3.05, 3.63) is 70.3 Å². The monoisotopic (exact) mass is 308 g/mol. The molecule has 1 N–H and O–H groups in total. The summed E-state index contributed by atoms with van der Waals surface area (Å²) >= 11 is 0. The highest BCUT2D eigenvalue weighted by Crippen LogP contribution is 2.60. The number of hydrogen-bond acceptors (Lipinski definition) is 1. The molecular formula is C22H28O. The van der Waals surface area contributed by atoms with Gasteiger partial charge in [-0.1, -0.05) is 84.0 Å². The SMILES string of the molecule is CC(C)c1cc(C(C)C)c2c(c1)C(C)(C)C2(O)c1ccccc1. The minimum atomic E-state index is -0.904. The molecule has 0 spiro atoms. The van der Waals surface area contributed by atoms with E-state index in [4.69, 9.17) is 0 Å². The Hall–Kier alpha value is -1.60. The quantitative estimate of drug-likeness (QED) is 0.798. The Balaban J connectivity index is 2.30. The van der Waals surface area contributed by atoms with Crippen LogP contribution in [0.1, 0.15) is 81.2 Å². The molecule has 2 aromatic carbocycles. The Morgan fingerprint density at radius 3 is 2.00 bits per heavy atom. The van der Waals surface area contributed by atoms with Gasteiger partial charge in [-0.3, -0.25) is 0 Å². The lowest BCUT2D eigenvalue weighted by molar-refractivity contribution is -0.0255. The zero-order valence-corrected chi connectivity index (χ0v) is 15.1. The number of fused-ring (bicyclic) bond motifs is 1. The summed E-state index contributed by atoms with van der Waals surface area (Å²) in [4.78, 5) is 0. The molecule has 3 rings (SSSR count). The van der Waals surface area contributed by atoms with Crippen molar-refractivity contribution in [2.45, 2.75) is 64.4 Å². The third-order valence-electron chi connectivity index (χ3n) is 5.61. The van der Waals surface area contributed by atoms with Crippen LogP contribution in [-0.4, -0.2) is 5.11 Å². The molecule has 0 bridgehead atoms. The van der Waals surface area contributed by atoms with Gasteiger partial charge in [0.25, 0.3) is 0 Å². The van der Waals surface area contributed by atoms with Crippen molar-refractivity contribution in [1.82, 2.24) is 0 Å². The van der Waals surface area contributed by atoms with Crippen molar-refractivity contribution in [1.29, 1.82) is 0 Å². The Morgan fingerprint density at radius 2 is 1.48 bits per heavy atom. The van der Waals surface area contributed by atoms with Crippen LogP contribution < -0.4 is 0 Å². The van der Waals surface area contributed by atoms with Crippen LogP contribution in [-0.2, 0) is 11.0 Å². The number of hydrogen-bond donors (Lipinski definition) is 1. The molecule has 0 saturated heterocycles. The van der Waals surface area contributed by atoms with Gasteiger partial charge in [-0.25, -0.2) is 0 Å². The van der Waals surface area contributed by atoms with Crippen LogP contribution in [0.25, 0.3) is 0 Å². The first kappa shape index (κ1) is 16.3. The first-order chi connectivity index (χ1) is 10.7. The van der Waals surface area contributed by atoms with Crippen LogP contribution in [0.3, 0.4) is 0 Å². The van der Waals surface area contributed by atoms with Crippen molar-refractivity contribution >= 4 is 0 Å². The Bertz CT molecular complexity index is 708. The molecule has 0 radical (unpaired) electrons. The smallest absolute Gasteiger partial charge is 0.124 e. The molecule has 0 fully saturated rings. The third-order valence-corrected chi connectivity index (χ3v) is 5.61. The van der Waals surface area contributed by atoms with E-state index in [2.05, 4.69) is 53.7 Å². The maximum Gasteiger partial charge on any atom is 0.124 e. The largest absolute Gasteiger partial charge is 0.379 e. The van der Waals surface area contributed by atoms with Gasteiger partial charge < -0.3 is 5.11 Å². The van der Waals surface area contributed by atoms with E-state index in [-0.39, 0.29) is 5.41 Å². The van der Waals surface area contributed by atoms with Gasteiger partial charge in [-0.05, 0) is 39.7 Å². The van der Waals surface area contributed by atoms with Gasteiger partial charge >= 0.3 is 0 Å². The van der Waals surface area contributed by atoms with Crippen molar-refractivity contribution < 1.29 is 5.11 Å². The molecule has 1 unspecified atom stereocenters. The number of rotatable bonds is 3. The van der Waals surface area contributed by atoms with Crippen LogP contribution in [0.15, 0.2) is 42.5 Å². The van der Waals surface area contributed by atoms with E-state index in [0.29, 0.717) is 11.8 Å². The molecule has 0 aromatic heterocycles. The van der Waals surface area contributed by atoms with Gasteiger partial charge in [-0.2, -0.15) is 0 Å². The van der Waals surface area contributed by atoms with E-state index in [0.717, 1.165) is 11.1 Å². The predicted molar refractivity (Wildman–Crippen MR) is 97.1 cm³/mol. The van der Waals surface area contributed by atoms with Crippen LogP contribution in [0, 0.1) is 0 Å². The zero-order chi connectivity index (χ0) is 17.0. The lowest BCUT2D eigenvalue weighted by atomic mass is 9.50. The second-order valence-corrected chi connectivity index (χ2v) is 8.04. The van der Waals surface area contributed by atoms with Crippen molar-refractivity contribution in [3.8, 4) is 0 Å². The van der Waals surface area contributed by atoms with Crippen LogP contribution in [0.4, 0.5) is 0 Å². The molecule has 1 aliphatic rings. The minimum Gasteiger partial charge on any atom is -0.379 e. The molecular weight excluding hydrogens is 280 g/mol. The highest BCUT2D eigenvalue weighted by atomic mass is 16.3. The summed E-state index contributed by atoms with van der Waals surface area (Å²) in [7, 11) is 0. The maximum absolute atomic E-state index is 11.7. The van der Waals surface area contributed by atoms with Crippen molar-refractivity contribution in [2.24, 2.45) is 0 Å². The van der Waals surface area contributed by atoms with Crippen molar-refractivity contribution in [3.63, 3.8) is 0 Å². The van der Waals surface area contributed by atoms with E-state index in [9.17, 15) is 5.11 Å².